The van der Waals surface area contributed by atoms with Gasteiger partial charge in [-0.25, -0.2) is 4.98 Å². The van der Waals surface area contributed by atoms with Gasteiger partial charge in [-0.2, -0.15) is 0 Å². The number of methoxy groups -OCH3 is 2. The molecule has 0 fully saturated rings. The fourth-order valence-electron chi connectivity index (χ4n) is 3.77. The number of benzene rings is 3. The van der Waals surface area contributed by atoms with E-state index in [1.165, 1.54) is 0 Å². The van der Waals surface area contributed by atoms with Gasteiger partial charge in [-0.05, 0) is 60.9 Å². The van der Waals surface area contributed by atoms with Crippen LogP contribution in [-0.2, 0) is 4.79 Å². The van der Waals surface area contributed by atoms with Crippen LogP contribution in [-0.4, -0.2) is 38.2 Å². The molecule has 0 aliphatic rings. The van der Waals surface area contributed by atoms with E-state index >= 15 is 0 Å². The smallest absolute Gasteiger partial charge is 0.243 e. The molecule has 4 aromatic rings. The van der Waals surface area contributed by atoms with Crippen LogP contribution >= 0.6 is 11.6 Å². The number of unbranched alkanes of at least 4 members (excludes halogenated alkanes) is 1. The Hall–Kier alpha value is -3.77. The molecule has 6 nitrogen and oxygen atoms in total. The largest absolute Gasteiger partial charge is 0.497 e. The van der Waals surface area contributed by atoms with Crippen molar-refractivity contribution in [3.63, 3.8) is 0 Å². The second-order valence-electron chi connectivity index (χ2n) is 8.10. The number of carbonyl (C=O) groups excluding carboxylic acids is 1. The lowest BCUT2D eigenvalue weighted by Gasteiger charge is -2.13. The average molecular weight is 490 g/mol. The molecule has 2 N–H and O–H groups in total. The van der Waals surface area contributed by atoms with Crippen molar-refractivity contribution in [2.24, 2.45) is 0 Å². The fraction of sp³-hybridized carbons (Fsp3) is 0.214. The van der Waals surface area contributed by atoms with Crippen LogP contribution in [0.25, 0.3) is 27.9 Å². The van der Waals surface area contributed by atoms with E-state index in [0.717, 1.165) is 63.9 Å². The first-order chi connectivity index (χ1) is 17.1. The van der Waals surface area contributed by atoms with Crippen LogP contribution in [0.2, 0.25) is 5.02 Å². The highest BCUT2D eigenvalue weighted by molar-refractivity contribution is 6.31. The summed E-state index contributed by atoms with van der Waals surface area (Å²) >= 11 is 6.16. The molecule has 0 saturated carbocycles. The van der Waals surface area contributed by atoms with Crippen LogP contribution in [0.15, 0.2) is 66.7 Å². The summed E-state index contributed by atoms with van der Waals surface area (Å²) < 4.78 is 10.6. The summed E-state index contributed by atoms with van der Waals surface area (Å²) in [5, 5.41) is 9.08. The number of amides is 1. The first-order valence-corrected chi connectivity index (χ1v) is 11.9. The van der Waals surface area contributed by atoms with Crippen LogP contribution in [0.3, 0.4) is 0 Å². The maximum atomic E-state index is 12.1. The van der Waals surface area contributed by atoms with Gasteiger partial charge < -0.3 is 20.1 Å². The molecule has 0 atom stereocenters. The van der Waals surface area contributed by atoms with Gasteiger partial charge >= 0.3 is 0 Å². The van der Waals surface area contributed by atoms with Gasteiger partial charge in [-0.3, -0.25) is 4.79 Å². The Labute approximate surface area is 209 Å². The van der Waals surface area contributed by atoms with Gasteiger partial charge in [0.25, 0.3) is 0 Å². The number of nitrogens with one attached hydrogen (secondary N) is 2. The summed E-state index contributed by atoms with van der Waals surface area (Å²) in [7, 11) is 3.28. The van der Waals surface area contributed by atoms with Crippen molar-refractivity contribution in [2.45, 2.75) is 12.8 Å². The van der Waals surface area contributed by atoms with Crippen LogP contribution in [0, 0.1) is 0 Å². The van der Waals surface area contributed by atoms with Crippen molar-refractivity contribution in [3.8, 4) is 11.5 Å². The summed E-state index contributed by atoms with van der Waals surface area (Å²) in [6.45, 7) is 1.35. The maximum absolute atomic E-state index is 12.1. The number of hydrogen-bond acceptors (Lipinski definition) is 5. The predicted molar refractivity (Wildman–Crippen MR) is 144 cm³/mol. The third-order valence-electron chi connectivity index (χ3n) is 5.65. The highest BCUT2D eigenvalue weighted by Crippen LogP contribution is 2.31. The molecule has 1 heterocycles. The van der Waals surface area contributed by atoms with E-state index in [0.29, 0.717) is 11.6 Å². The molecule has 180 valence electrons. The predicted octanol–water partition coefficient (Wildman–Crippen LogP) is 6.08. The Balaban J connectivity index is 1.30. The number of nitrogens with zero attached hydrogens (tertiary/aromatic N) is 1. The molecule has 1 aromatic heterocycles. The van der Waals surface area contributed by atoms with Crippen LogP contribution < -0.4 is 20.1 Å². The molecule has 3 aromatic carbocycles. The molecule has 0 aliphatic carbocycles. The standard InChI is InChI=1S/C28H28ClN3O3/c1-34-23-10-5-19(6-11-23)7-12-27(33)31-14-4-3-13-30-26-18-24(35-2)16-21-15-20-8-9-22(29)17-25(20)32-28(21)26/h5-12,15-18,30H,3-4,13-14H2,1-2H3,(H,31,33)/b12-7+. The Kier molecular flexibility index (Phi) is 8.06. The third kappa shape index (κ3) is 6.43. The molecule has 0 radical (unpaired) electrons. The minimum absolute atomic E-state index is 0.109. The van der Waals surface area contributed by atoms with Crippen molar-refractivity contribution in [2.75, 3.05) is 32.6 Å². The van der Waals surface area contributed by atoms with E-state index in [2.05, 4.69) is 16.7 Å². The topological polar surface area (TPSA) is 72.5 Å². The number of rotatable bonds is 10. The zero-order valence-corrected chi connectivity index (χ0v) is 20.6. The van der Waals surface area contributed by atoms with E-state index < -0.39 is 0 Å². The van der Waals surface area contributed by atoms with Crippen molar-refractivity contribution < 1.29 is 14.3 Å². The molecule has 0 unspecified atom stereocenters. The first kappa shape index (κ1) is 24.4. The summed E-state index contributed by atoms with van der Waals surface area (Å²) in [6.07, 6.45) is 5.07. The summed E-state index contributed by atoms with van der Waals surface area (Å²) in [5.74, 6) is 1.45. The van der Waals surface area contributed by atoms with Gasteiger partial charge in [0.1, 0.15) is 11.5 Å². The monoisotopic (exact) mass is 489 g/mol. The lowest BCUT2D eigenvalue weighted by atomic mass is 10.1. The van der Waals surface area contributed by atoms with E-state index in [9.17, 15) is 4.79 Å². The van der Waals surface area contributed by atoms with Gasteiger partial charge in [0.15, 0.2) is 0 Å². The zero-order valence-electron chi connectivity index (χ0n) is 19.8. The highest BCUT2D eigenvalue weighted by Gasteiger charge is 2.09. The minimum Gasteiger partial charge on any atom is -0.497 e. The number of halogens is 1. The Bertz CT molecular complexity index is 1350. The summed E-state index contributed by atoms with van der Waals surface area (Å²) in [5.41, 5.74) is 3.58. The molecule has 0 aliphatic heterocycles. The zero-order chi connectivity index (χ0) is 24.6. The van der Waals surface area contributed by atoms with E-state index in [1.54, 1.807) is 26.4 Å². The molecule has 0 bridgehead atoms. The van der Waals surface area contributed by atoms with Gasteiger partial charge in [-0.1, -0.05) is 29.8 Å². The summed E-state index contributed by atoms with van der Waals surface area (Å²) in [4.78, 5) is 16.9. The van der Waals surface area contributed by atoms with Gasteiger partial charge in [0.05, 0.1) is 30.9 Å². The molecule has 0 spiro atoms. The fourth-order valence-corrected chi connectivity index (χ4v) is 3.94. The number of ether oxygens (including phenoxy) is 2. The highest BCUT2D eigenvalue weighted by atomic mass is 35.5. The quantitative estimate of drug-likeness (QED) is 0.160. The number of pyridine rings is 1. The maximum Gasteiger partial charge on any atom is 0.243 e. The second kappa shape index (κ2) is 11.6. The number of anilines is 1. The van der Waals surface area contributed by atoms with Crippen molar-refractivity contribution in [3.05, 3.63) is 77.3 Å². The lowest BCUT2D eigenvalue weighted by Crippen LogP contribution is -2.22. The molecule has 0 saturated heterocycles. The number of fused-ring (bicyclic) bond motifs is 2. The van der Waals surface area contributed by atoms with Crippen LogP contribution in [0.5, 0.6) is 11.5 Å². The number of carbonyl (C=O) groups is 1. The second-order valence-corrected chi connectivity index (χ2v) is 8.54. The van der Waals surface area contributed by atoms with Crippen molar-refractivity contribution in [1.29, 1.82) is 0 Å². The van der Waals surface area contributed by atoms with E-state index in [4.69, 9.17) is 26.1 Å². The SMILES string of the molecule is COc1ccc(/C=C/C(=O)NCCCCNc2cc(OC)cc3cc4ccc(Cl)cc4nc23)cc1. The Morgan fingerprint density at radius 3 is 2.46 bits per heavy atom. The molecule has 4 rings (SSSR count). The van der Waals surface area contributed by atoms with Gasteiger partial charge in [-0.15, -0.1) is 0 Å². The number of aromatic nitrogens is 1. The third-order valence-corrected chi connectivity index (χ3v) is 5.88. The Morgan fingerprint density at radius 2 is 1.69 bits per heavy atom. The van der Waals surface area contributed by atoms with Crippen LogP contribution in [0.4, 0.5) is 5.69 Å². The van der Waals surface area contributed by atoms with E-state index in [1.807, 2.05) is 54.6 Å². The summed E-state index contributed by atoms with van der Waals surface area (Å²) in [6, 6.07) is 19.3. The molecule has 35 heavy (non-hydrogen) atoms. The van der Waals surface area contributed by atoms with Crippen LogP contribution in [0.1, 0.15) is 18.4 Å². The molecular weight excluding hydrogens is 462 g/mol. The van der Waals surface area contributed by atoms with Crippen molar-refractivity contribution >= 4 is 51.1 Å². The Morgan fingerprint density at radius 1 is 0.914 bits per heavy atom. The molecular formula is C28H28ClN3O3. The van der Waals surface area contributed by atoms with Crippen molar-refractivity contribution in [1.82, 2.24) is 10.3 Å². The number of hydrogen-bond donors (Lipinski definition) is 2. The first-order valence-electron chi connectivity index (χ1n) is 11.5. The minimum atomic E-state index is -0.109. The normalized spacial score (nSPS) is 11.2. The van der Waals surface area contributed by atoms with Gasteiger partial charge in [0.2, 0.25) is 5.91 Å². The lowest BCUT2D eigenvalue weighted by molar-refractivity contribution is -0.116. The van der Waals surface area contributed by atoms with E-state index in [-0.39, 0.29) is 5.91 Å². The molecule has 1 amide bonds. The average Bonchev–Trinajstić information content (AvgIpc) is 2.88. The van der Waals surface area contributed by atoms with Gasteiger partial charge in [0, 0.05) is 41.0 Å². The molecule has 7 heteroatoms.